The summed E-state index contributed by atoms with van der Waals surface area (Å²) in [6.45, 7) is 5.81. The quantitative estimate of drug-likeness (QED) is 0.809. The van der Waals surface area contributed by atoms with E-state index < -0.39 is 0 Å². The summed E-state index contributed by atoms with van der Waals surface area (Å²) in [4.78, 5) is 0. The molecule has 0 radical (unpaired) electrons. The molecule has 2 rings (SSSR count). The standard InChI is InChI=1S/C18H29NO/c1-15(2)17-9-7-16(8-10-17)13-20-14-18(19)11-5-3-4-6-12-18/h7-10,15H,3-6,11-14,19H2,1-2H3. The van der Waals surface area contributed by atoms with Crippen molar-refractivity contribution < 1.29 is 4.74 Å². The average Bonchev–Trinajstić information content (AvgIpc) is 2.64. The van der Waals surface area contributed by atoms with E-state index in [4.69, 9.17) is 10.5 Å². The monoisotopic (exact) mass is 275 g/mol. The van der Waals surface area contributed by atoms with Crippen LogP contribution in [0.25, 0.3) is 0 Å². The van der Waals surface area contributed by atoms with Crippen molar-refractivity contribution in [2.45, 2.75) is 70.4 Å². The van der Waals surface area contributed by atoms with Gasteiger partial charge in [0, 0.05) is 5.54 Å². The molecule has 1 aromatic carbocycles. The molecule has 0 aliphatic heterocycles. The van der Waals surface area contributed by atoms with E-state index in [0.29, 0.717) is 19.1 Å². The lowest BCUT2D eigenvalue weighted by Crippen LogP contribution is -2.43. The highest BCUT2D eigenvalue weighted by atomic mass is 16.5. The zero-order valence-corrected chi connectivity index (χ0v) is 13.0. The number of nitrogens with two attached hydrogens (primary N) is 1. The first-order valence-corrected chi connectivity index (χ1v) is 8.04. The van der Waals surface area contributed by atoms with Crippen LogP contribution in [0.1, 0.15) is 69.4 Å². The van der Waals surface area contributed by atoms with Crippen LogP contribution in [-0.4, -0.2) is 12.1 Å². The summed E-state index contributed by atoms with van der Waals surface area (Å²) < 4.78 is 5.89. The molecule has 0 bridgehead atoms. The summed E-state index contributed by atoms with van der Waals surface area (Å²) in [7, 11) is 0. The average molecular weight is 275 g/mol. The largest absolute Gasteiger partial charge is 0.375 e. The second-order valence-corrected chi connectivity index (χ2v) is 6.67. The third kappa shape index (κ3) is 4.60. The van der Waals surface area contributed by atoms with Crippen LogP contribution in [0.5, 0.6) is 0 Å². The number of hydrogen-bond donors (Lipinski definition) is 1. The summed E-state index contributed by atoms with van der Waals surface area (Å²) in [5.41, 5.74) is 9.00. The minimum absolute atomic E-state index is 0.0889. The normalized spacial score (nSPS) is 19.0. The fraction of sp³-hybridized carbons (Fsp3) is 0.667. The van der Waals surface area contributed by atoms with E-state index in [1.54, 1.807) is 0 Å². The van der Waals surface area contributed by atoms with Crippen molar-refractivity contribution in [3.05, 3.63) is 35.4 Å². The number of ether oxygens (including phenoxy) is 1. The first kappa shape index (κ1) is 15.5. The molecule has 1 aromatic rings. The van der Waals surface area contributed by atoms with E-state index in [1.165, 1.54) is 36.8 Å². The van der Waals surface area contributed by atoms with Crippen LogP contribution >= 0.6 is 0 Å². The number of rotatable bonds is 5. The third-order valence-electron chi connectivity index (χ3n) is 4.40. The van der Waals surface area contributed by atoms with Crippen molar-refractivity contribution in [3.63, 3.8) is 0 Å². The van der Waals surface area contributed by atoms with E-state index in [9.17, 15) is 0 Å². The Morgan fingerprint density at radius 1 is 1.05 bits per heavy atom. The Morgan fingerprint density at radius 2 is 1.65 bits per heavy atom. The van der Waals surface area contributed by atoms with Gasteiger partial charge in [0.05, 0.1) is 13.2 Å². The fourth-order valence-electron chi connectivity index (χ4n) is 2.95. The number of benzene rings is 1. The van der Waals surface area contributed by atoms with E-state index in [2.05, 4.69) is 38.1 Å². The Hall–Kier alpha value is -0.860. The van der Waals surface area contributed by atoms with Gasteiger partial charge in [-0.25, -0.2) is 0 Å². The lowest BCUT2D eigenvalue weighted by Gasteiger charge is -2.27. The highest BCUT2D eigenvalue weighted by Crippen LogP contribution is 2.25. The molecule has 2 heteroatoms. The predicted molar refractivity (Wildman–Crippen MR) is 84.8 cm³/mol. The lowest BCUT2D eigenvalue weighted by atomic mass is 9.92. The van der Waals surface area contributed by atoms with Crippen molar-refractivity contribution in [1.82, 2.24) is 0 Å². The van der Waals surface area contributed by atoms with Gasteiger partial charge in [0.15, 0.2) is 0 Å². The molecule has 1 aliphatic rings. The van der Waals surface area contributed by atoms with Gasteiger partial charge in [-0.15, -0.1) is 0 Å². The van der Waals surface area contributed by atoms with E-state index >= 15 is 0 Å². The lowest BCUT2D eigenvalue weighted by molar-refractivity contribution is 0.0667. The summed E-state index contributed by atoms with van der Waals surface area (Å²) in [5, 5.41) is 0. The highest BCUT2D eigenvalue weighted by Gasteiger charge is 2.26. The van der Waals surface area contributed by atoms with Crippen LogP contribution < -0.4 is 5.73 Å². The molecule has 1 fully saturated rings. The molecule has 112 valence electrons. The van der Waals surface area contributed by atoms with E-state index in [1.807, 2.05) is 0 Å². The molecule has 1 aliphatic carbocycles. The van der Waals surface area contributed by atoms with Crippen molar-refractivity contribution in [1.29, 1.82) is 0 Å². The van der Waals surface area contributed by atoms with Crippen LogP contribution in [0, 0.1) is 0 Å². The first-order valence-electron chi connectivity index (χ1n) is 8.04. The molecule has 0 heterocycles. The Bertz CT molecular complexity index is 388. The SMILES string of the molecule is CC(C)c1ccc(COCC2(N)CCCCCC2)cc1. The van der Waals surface area contributed by atoms with Crippen molar-refractivity contribution in [2.24, 2.45) is 5.73 Å². The summed E-state index contributed by atoms with van der Waals surface area (Å²) in [6.07, 6.45) is 7.38. The van der Waals surface area contributed by atoms with Gasteiger partial charge < -0.3 is 10.5 Å². The third-order valence-corrected chi connectivity index (χ3v) is 4.40. The van der Waals surface area contributed by atoms with Gasteiger partial charge in [-0.05, 0) is 29.9 Å². The van der Waals surface area contributed by atoms with Gasteiger partial charge in [0.1, 0.15) is 0 Å². The molecule has 0 aromatic heterocycles. The van der Waals surface area contributed by atoms with Gasteiger partial charge >= 0.3 is 0 Å². The zero-order chi connectivity index (χ0) is 14.4. The van der Waals surface area contributed by atoms with E-state index in [0.717, 1.165) is 12.8 Å². The molecule has 0 spiro atoms. The smallest absolute Gasteiger partial charge is 0.0717 e. The Morgan fingerprint density at radius 3 is 2.20 bits per heavy atom. The molecule has 2 nitrogen and oxygen atoms in total. The van der Waals surface area contributed by atoms with Crippen LogP contribution in [-0.2, 0) is 11.3 Å². The maximum atomic E-state index is 6.46. The summed E-state index contributed by atoms with van der Waals surface area (Å²) in [6, 6.07) is 8.75. The van der Waals surface area contributed by atoms with Gasteiger partial charge in [0.2, 0.25) is 0 Å². The van der Waals surface area contributed by atoms with Gasteiger partial charge in [0.25, 0.3) is 0 Å². The second kappa shape index (κ2) is 7.24. The van der Waals surface area contributed by atoms with Gasteiger partial charge in [-0.1, -0.05) is 63.8 Å². The predicted octanol–water partition coefficient (Wildman–Crippen LogP) is 4.38. The highest BCUT2D eigenvalue weighted by molar-refractivity contribution is 5.24. The van der Waals surface area contributed by atoms with Crippen molar-refractivity contribution in [2.75, 3.05) is 6.61 Å². The molecule has 1 saturated carbocycles. The Kier molecular flexibility index (Phi) is 5.62. The molecule has 0 unspecified atom stereocenters. The maximum absolute atomic E-state index is 6.46. The first-order chi connectivity index (χ1) is 9.59. The Labute approximate surface area is 123 Å². The molecule has 20 heavy (non-hydrogen) atoms. The zero-order valence-electron chi connectivity index (χ0n) is 13.0. The van der Waals surface area contributed by atoms with E-state index in [-0.39, 0.29) is 5.54 Å². The molecule has 0 saturated heterocycles. The molecular formula is C18H29NO. The summed E-state index contributed by atoms with van der Waals surface area (Å²) >= 11 is 0. The van der Waals surface area contributed by atoms with Crippen molar-refractivity contribution in [3.8, 4) is 0 Å². The van der Waals surface area contributed by atoms with Crippen LogP contribution in [0.3, 0.4) is 0 Å². The van der Waals surface area contributed by atoms with Crippen LogP contribution in [0.2, 0.25) is 0 Å². The number of hydrogen-bond acceptors (Lipinski definition) is 2. The van der Waals surface area contributed by atoms with Crippen LogP contribution in [0.4, 0.5) is 0 Å². The Balaban J connectivity index is 1.79. The van der Waals surface area contributed by atoms with Gasteiger partial charge in [-0.2, -0.15) is 0 Å². The molecule has 0 atom stereocenters. The van der Waals surface area contributed by atoms with Crippen LogP contribution in [0.15, 0.2) is 24.3 Å². The fourth-order valence-corrected chi connectivity index (χ4v) is 2.95. The molecular weight excluding hydrogens is 246 g/mol. The summed E-state index contributed by atoms with van der Waals surface area (Å²) in [5.74, 6) is 0.586. The minimum Gasteiger partial charge on any atom is -0.375 e. The topological polar surface area (TPSA) is 35.2 Å². The molecule has 2 N–H and O–H groups in total. The molecule has 0 amide bonds. The minimum atomic E-state index is -0.0889. The van der Waals surface area contributed by atoms with Gasteiger partial charge in [-0.3, -0.25) is 0 Å². The van der Waals surface area contributed by atoms with Crippen molar-refractivity contribution >= 4 is 0 Å². The second-order valence-electron chi connectivity index (χ2n) is 6.67. The maximum Gasteiger partial charge on any atom is 0.0717 e.